The number of carboxylic acids is 1. The van der Waals surface area contributed by atoms with Gasteiger partial charge in [0.2, 0.25) is 11.8 Å². The van der Waals surface area contributed by atoms with Gasteiger partial charge in [-0.1, -0.05) is 105 Å². The van der Waals surface area contributed by atoms with Crippen molar-refractivity contribution in [2.45, 2.75) is 118 Å². The van der Waals surface area contributed by atoms with Crippen LogP contribution in [0.1, 0.15) is 149 Å². The van der Waals surface area contributed by atoms with Gasteiger partial charge in [-0.25, -0.2) is 14.4 Å². The Bertz CT molecular complexity index is 2570. The third-order valence-electron chi connectivity index (χ3n) is 11.8. The predicted molar refractivity (Wildman–Crippen MR) is 271 cm³/mol. The third-order valence-corrected chi connectivity index (χ3v) is 11.8. The second kappa shape index (κ2) is 27.7. The van der Waals surface area contributed by atoms with Crippen LogP contribution in [0.5, 0.6) is 23.0 Å². The summed E-state index contributed by atoms with van der Waals surface area (Å²) < 4.78 is 28.9. The van der Waals surface area contributed by atoms with Gasteiger partial charge in [0.1, 0.15) is 23.0 Å². The van der Waals surface area contributed by atoms with Crippen molar-refractivity contribution in [3.63, 3.8) is 0 Å². The van der Waals surface area contributed by atoms with Gasteiger partial charge in [0.15, 0.2) is 0 Å². The first-order valence-corrected chi connectivity index (χ1v) is 24.8. The Morgan fingerprint density at radius 2 is 0.971 bits per heavy atom. The van der Waals surface area contributed by atoms with Crippen LogP contribution in [0.3, 0.4) is 0 Å². The topological polar surface area (TPSA) is 172 Å². The van der Waals surface area contributed by atoms with Crippen LogP contribution in [-0.4, -0.2) is 46.4 Å². The largest absolute Gasteiger partial charge is 0.494 e. The van der Waals surface area contributed by atoms with Crippen molar-refractivity contribution in [2.24, 2.45) is 22.1 Å². The Hall–Kier alpha value is -7.15. The summed E-state index contributed by atoms with van der Waals surface area (Å²) in [4.78, 5) is 38.4. The molecular formula is C57H66N4O9. The smallest absolute Gasteiger partial charge is 0.343 e. The van der Waals surface area contributed by atoms with E-state index in [0.717, 1.165) is 35.8 Å². The lowest BCUT2D eigenvalue weighted by atomic mass is 9.98. The summed E-state index contributed by atoms with van der Waals surface area (Å²) in [5, 5.41) is 26.7. The number of unbranched alkanes of at least 4 members (excludes halogenated alkanes) is 9. The molecular weight excluding hydrogens is 885 g/mol. The van der Waals surface area contributed by atoms with Crippen LogP contribution in [0, 0.1) is 11.8 Å². The molecule has 1 N–H and O–H groups in total. The molecule has 0 spiro atoms. The number of rotatable bonds is 29. The second-order valence-corrected chi connectivity index (χ2v) is 18.1. The zero-order valence-electron chi connectivity index (χ0n) is 40.9. The van der Waals surface area contributed by atoms with Gasteiger partial charge >= 0.3 is 17.9 Å². The summed E-state index contributed by atoms with van der Waals surface area (Å²) in [5.41, 5.74) is 2.55. The van der Waals surface area contributed by atoms with E-state index in [1.165, 1.54) is 120 Å². The highest BCUT2D eigenvalue weighted by atomic mass is 16.5. The molecule has 368 valence electrons. The Morgan fingerprint density at radius 1 is 0.514 bits per heavy atom. The van der Waals surface area contributed by atoms with E-state index in [4.69, 9.17) is 23.4 Å². The number of carbonyl (C=O) groups excluding carboxylic acids is 2. The van der Waals surface area contributed by atoms with E-state index in [9.17, 15) is 19.5 Å². The molecule has 0 aliphatic heterocycles. The predicted octanol–water partition coefficient (Wildman–Crippen LogP) is 15.5. The van der Waals surface area contributed by atoms with E-state index in [2.05, 4.69) is 48.1 Å². The minimum atomic E-state index is -1.31. The van der Waals surface area contributed by atoms with Gasteiger partial charge in [0.05, 0.1) is 41.3 Å². The van der Waals surface area contributed by atoms with Gasteiger partial charge in [0.25, 0.3) is 0 Å². The summed E-state index contributed by atoms with van der Waals surface area (Å²) in [6, 6.07) is 31.1. The second-order valence-electron chi connectivity index (χ2n) is 18.1. The first-order valence-electron chi connectivity index (χ1n) is 24.8. The number of carboxylic acid groups (broad SMARTS) is 1. The Labute approximate surface area is 411 Å². The molecule has 13 heteroatoms. The minimum absolute atomic E-state index is 0.130. The lowest BCUT2D eigenvalue weighted by Crippen LogP contribution is -2.11. The molecule has 1 heterocycles. The number of azo groups is 1. The van der Waals surface area contributed by atoms with Crippen LogP contribution in [0.4, 0.5) is 11.4 Å². The summed E-state index contributed by atoms with van der Waals surface area (Å²) in [6.45, 7) is 10.4. The molecule has 6 aromatic rings. The van der Waals surface area contributed by atoms with Crippen LogP contribution in [0.2, 0.25) is 0 Å². The van der Waals surface area contributed by atoms with Gasteiger partial charge < -0.3 is 28.5 Å². The zero-order valence-corrected chi connectivity index (χ0v) is 40.9. The Kier molecular flexibility index (Phi) is 20.7. The fourth-order valence-electron chi connectivity index (χ4n) is 7.61. The maximum atomic E-state index is 13.2. The highest BCUT2D eigenvalue weighted by Crippen LogP contribution is 2.29. The van der Waals surface area contributed by atoms with Gasteiger partial charge in [0, 0.05) is 17.2 Å². The number of hydrogen-bond acceptors (Lipinski definition) is 12. The van der Waals surface area contributed by atoms with E-state index in [-0.39, 0.29) is 34.1 Å². The highest BCUT2D eigenvalue weighted by molar-refractivity contribution is 5.94. The Morgan fingerprint density at radius 3 is 1.49 bits per heavy atom. The molecule has 13 nitrogen and oxygen atoms in total. The van der Waals surface area contributed by atoms with E-state index < -0.39 is 17.9 Å². The van der Waals surface area contributed by atoms with Crippen molar-refractivity contribution in [1.82, 2.24) is 10.2 Å². The number of hydrogen-bond donors (Lipinski definition) is 1. The maximum absolute atomic E-state index is 13.2. The zero-order chi connectivity index (χ0) is 49.5. The molecule has 0 unspecified atom stereocenters. The lowest BCUT2D eigenvalue weighted by molar-refractivity contribution is 0.0680. The van der Waals surface area contributed by atoms with Gasteiger partial charge in [-0.05, 0) is 134 Å². The molecule has 6 rings (SSSR count). The summed E-state index contributed by atoms with van der Waals surface area (Å²) in [5.74, 6) is 0.379. The lowest BCUT2D eigenvalue weighted by Gasteiger charge is -2.13. The first-order chi connectivity index (χ1) is 34.0. The quantitative estimate of drug-likeness (QED) is 0.0205. The van der Waals surface area contributed by atoms with E-state index in [0.29, 0.717) is 42.0 Å². The van der Waals surface area contributed by atoms with Crippen LogP contribution >= 0.6 is 0 Å². The number of carbonyl (C=O) groups is 3. The number of aromatic nitrogens is 2. The highest BCUT2D eigenvalue weighted by Gasteiger charge is 2.18. The SMILES string of the molecule is CCCCCCCCCCCCOc1ccc(N=Nc2ccc(C(=O)Oc3cc(OC(=O)c4ccc(-c5nnc(-c6ccc(OCC[C@@H](C)CCCC(C)C)cc6)o5)cc4)cc(C(=O)O)c3)cc2)cc1. The van der Waals surface area contributed by atoms with Crippen molar-refractivity contribution < 1.29 is 42.9 Å². The number of benzene rings is 5. The fraction of sp³-hybridized carbons (Fsp3) is 0.386. The molecule has 0 aliphatic carbocycles. The molecule has 1 atom stereocenters. The molecule has 0 amide bonds. The van der Waals surface area contributed by atoms with Crippen molar-refractivity contribution in [3.8, 4) is 45.9 Å². The molecule has 0 saturated heterocycles. The van der Waals surface area contributed by atoms with Crippen molar-refractivity contribution >= 4 is 29.3 Å². The average molecular weight is 951 g/mol. The van der Waals surface area contributed by atoms with Gasteiger partial charge in [-0.3, -0.25) is 0 Å². The monoisotopic (exact) mass is 950 g/mol. The van der Waals surface area contributed by atoms with Crippen LogP contribution in [-0.2, 0) is 0 Å². The molecule has 0 radical (unpaired) electrons. The molecule has 0 aliphatic rings. The first kappa shape index (κ1) is 52.2. The standard InChI is InChI=1S/C57H66N4O9/c1-5-6-7-8-9-10-11-12-13-14-35-66-50-32-28-48(29-33-50)59-58-47-26-22-45(23-27-47)57(65)69-52-38-46(55(62)63)37-51(39-52)68-56(64)44-20-18-42(19-21-44)53-60-61-54(70-53)43-24-30-49(31-25-43)67-36-34-41(4)17-15-16-40(2)3/h18-33,37-41H,5-17,34-36H2,1-4H3,(H,62,63)/t41-/m0/s1. The molecule has 70 heavy (non-hydrogen) atoms. The molecule has 0 saturated carbocycles. The van der Waals surface area contributed by atoms with Crippen molar-refractivity contribution in [1.29, 1.82) is 0 Å². The normalized spacial score (nSPS) is 11.7. The summed E-state index contributed by atoms with van der Waals surface area (Å²) >= 11 is 0. The molecule has 1 aromatic heterocycles. The van der Waals surface area contributed by atoms with Crippen molar-refractivity contribution in [3.05, 3.63) is 132 Å². The molecule has 5 aromatic carbocycles. The van der Waals surface area contributed by atoms with Gasteiger partial charge in [-0.15, -0.1) is 10.2 Å². The van der Waals surface area contributed by atoms with Gasteiger partial charge in [-0.2, -0.15) is 10.2 Å². The van der Waals surface area contributed by atoms with Crippen molar-refractivity contribution in [2.75, 3.05) is 13.2 Å². The van der Waals surface area contributed by atoms with Crippen LogP contribution in [0.15, 0.2) is 130 Å². The average Bonchev–Trinajstić information content (AvgIpc) is 3.86. The molecule has 0 bridgehead atoms. The summed E-state index contributed by atoms with van der Waals surface area (Å²) in [6.07, 6.45) is 17.5. The van der Waals surface area contributed by atoms with Crippen LogP contribution in [0.25, 0.3) is 22.9 Å². The van der Waals surface area contributed by atoms with E-state index >= 15 is 0 Å². The minimum Gasteiger partial charge on any atom is -0.494 e. The number of ether oxygens (including phenoxy) is 4. The summed E-state index contributed by atoms with van der Waals surface area (Å²) in [7, 11) is 0. The van der Waals surface area contributed by atoms with E-state index in [1.54, 1.807) is 24.3 Å². The Balaban J connectivity index is 0.952. The number of nitrogens with zero attached hydrogens (tertiary/aromatic N) is 4. The third kappa shape index (κ3) is 17.4. The fourth-order valence-corrected chi connectivity index (χ4v) is 7.61. The van der Waals surface area contributed by atoms with Crippen LogP contribution < -0.4 is 18.9 Å². The maximum Gasteiger partial charge on any atom is 0.343 e. The number of aromatic carboxylic acids is 1. The molecule has 0 fully saturated rings. The number of esters is 2. The van der Waals surface area contributed by atoms with E-state index in [1.807, 2.05) is 48.5 Å².